The van der Waals surface area contributed by atoms with Gasteiger partial charge in [0.05, 0.1) is 5.92 Å². The van der Waals surface area contributed by atoms with Gasteiger partial charge >= 0.3 is 0 Å². The maximum absolute atomic E-state index is 12.8. The number of hydrogen-bond donors (Lipinski definition) is 1. The van der Waals surface area contributed by atoms with Crippen molar-refractivity contribution in [3.05, 3.63) is 35.4 Å². The Morgan fingerprint density at radius 3 is 2.55 bits per heavy atom. The summed E-state index contributed by atoms with van der Waals surface area (Å²) in [7, 11) is 0. The van der Waals surface area contributed by atoms with E-state index in [1.54, 1.807) is 0 Å². The largest absolute Gasteiger partial charge is 0.342 e. The highest BCUT2D eigenvalue weighted by atomic mass is 16.2. The van der Waals surface area contributed by atoms with E-state index in [4.69, 9.17) is 5.73 Å². The first-order chi connectivity index (χ1) is 10.6. The molecule has 1 unspecified atom stereocenters. The van der Waals surface area contributed by atoms with Crippen LogP contribution in [0.1, 0.15) is 62.5 Å². The number of carbonyl (C=O) groups excluding carboxylic acids is 1. The molecule has 0 bridgehead atoms. The third kappa shape index (κ3) is 3.70. The second kappa shape index (κ2) is 6.41. The number of rotatable bonds is 4. The van der Waals surface area contributed by atoms with Gasteiger partial charge in [-0.05, 0) is 50.2 Å². The Labute approximate surface area is 133 Å². The van der Waals surface area contributed by atoms with E-state index in [-0.39, 0.29) is 17.4 Å². The van der Waals surface area contributed by atoms with Crippen molar-refractivity contribution in [3.8, 4) is 0 Å². The van der Waals surface area contributed by atoms with Crippen molar-refractivity contribution in [2.24, 2.45) is 5.73 Å². The predicted molar refractivity (Wildman–Crippen MR) is 89.8 cm³/mol. The molecule has 2 aliphatic rings. The molecule has 0 aromatic heterocycles. The van der Waals surface area contributed by atoms with Gasteiger partial charge in [-0.15, -0.1) is 0 Å². The van der Waals surface area contributed by atoms with Gasteiger partial charge in [0, 0.05) is 18.6 Å². The van der Waals surface area contributed by atoms with E-state index in [0.29, 0.717) is 0 Å². The minimum atomic E-state index is -0.0500. The van der Waals surface area contributed by atoms with Crippen molar-refractivity contribution < 1.29 is 4.79 Å². The summed E-state index contributed by atoms with van der Waals surface area (Å²) in [5, 5.41) is 0. The maximum Gasteiger partial charge on any atom is 0.229 e. The lowest BCUT2D eigenvalue weighted by molar-refractivity contribution is -0.132. The number of amides is 1. The van der Waals surface area contributed by atoms with Crippen molar-refractivity contribution in [1.29, 1.82) is 0 Å². The van der Waals surface area contributed by atoms with Gasteiger partial charge < -0.3 is 10.6 Å². The summed E-state index contributed by atoms with van der Waals surface area (Å²) in [6.07, 6.45) is 7.99. The van der Waals surface area contributed by atoms with E-state index in [1.807, 2.05) is 6.92 Å². The SMILES string of the molecule is CC(C(=O)N1CCCCCC1)c1cccc(CC2(N)CC2)c1. The number of nitrogens with two attached hydrogens (primary N) is 1. The second-order valence-electron chi connectivity index (χ2n) is 7.25. The minimum absolute atomic E-state index is 0.0245. The van der Waals surface area contributed by atoms with Crippen LogP contribution in [-0.2, 0) is 11.2 Å². The van der Waals surface area contributed by atoms with Crippen LogP contribution < -0.4 is 5.73 Å². The fourth-order valence-corrected chi connectivity index (χ4v) is 3.42. The van der Waals surface area contributed by atoms with Gasteiger partial charge in [0.2, 0.25) is 5.91 Å². The molecule has 1 aromatic carbocycles. The third-order valence-electron chi connectivity index (χ3n) is 5.19. The van der Waals surface area contributed by atoms with Crippen LogP contribution in [0.25, 0.3) is 0 Å². The van der Waals surface area contributed by atoms with Gasteiger partial charge in [-0.25, -0.2) is 0 Å². The molecule has 1 aliphatic heterocycles. The summed E-state index contributed by atoms with van der Waals surface area (Å²) < 4.78 is 0. The highest BCUT2D eigenvalue weighted by Crippen LogP contribution is 2.36. The molecule has 2 N–H and O–H groups in total. The summed E-state index contributed by atoms with van der Waals surface area (Å²) in [6, 6.07) is 8.48. The Bertz CT molecular complexity index is 528. The molecule has 120 valence electrons. The molecule has 2 fully saturated rings. The van der Waals surface area contributed by atoms with E-state index < -0.39 is 0 Å². The van der Waals surface area contributed by atoms with Crippen LogP contribution in [0.15, 0.2) is 24.3 Å². The van der Waals surface area contributed by atoms with Crippen LogP contribution in [0.4, 0.5) is 0 Å². The Hall–Kier alpha value is -1.35. The lowest BCUT2D eigenvalue weighted by Gasteiger charge is -2.24. The number of benzene rings is 1. The van der Waals surface area contributed by atoms with Gasteiger partial charge in [0.1, 0.15) is 0 Å². The molecule has 22 heavy (non-hydrogen) atoms. The molecule has 1 saturated carbocycles. The highest BCUT2D eigenvalue weighted by molar-refractivity contribution is 5.83. The summed E-state index contributed by atoms with van der Waals surface area (Å²) in [4.78, 5) is 14.8. The van der Waals surface area contributed by atoms with Crippen molar-refractivity contribution >= 4 is 5.91 Å². The predicted octanol–water partition coefficient (Wildman–Crippen LogP) is 3.23. The summed E-state index contributed by atoms with van der Waals surface area (Å²) >= 11 is 0. The van der Waals surface area contributed by atoms with Gasteiger partial charge in [-0.3, -0.25) is 4.79 Å². The molecule has 1 heterocycles. The quantitative estimate of drug-likeness (QED) is 0.928. The molecule has 3 nitrogen and oxygen atoms in total. The van der Waals surface area contributed by atoms with Crippen molar-refractivity contribution in [2.45, 2.75) is 63.3 Å². The van der Waals surface area contributed by atoms with E-state index in [1.165, 1.54) is 18.4 Å². The monoisotopic (exact) mass is 300 g/mol. The van der Waals surface area contributed by atoms with E-state index in [9.17, 15) is 4.79 Å². The first-order valence-electron chi connectivity index (χ1n) is 8.74. The number of carbonyl (C=O) groups is 1. The van der Waals surface area contributed by atoms with Crippen molar-refractivity contribution in [1.82, 2.24) is 4.90 Å². The fraction of sp³-hybridized carbons (Fsp3) is 0.632. The molecule has 1 aromatic rings. The van der Waals surface area contributed by atoms with E-state index in [2.05, 4.69) is 29.2 Å². The van der Waals surface area contributed by atoms with Crippen molar-refractivity contribution in [3.63, 3.8) is 0 Å². The Kier molecular flexibility index (Phi) is 4.53. The van der Waals surface area contributed by atoms with Crippen LogP contribution >= 0.6 is 0 Å². The fourth-order valence-electron chi connectivity index (χ4n) is 3.42. The van der Waals surface area contributed by atoms with Crippen LogP contribution in [0, 0.1) is 0 Å². The second-order valence-corrected chi connectivity index (χ2v) is 7.25. The molecule has 0 spiro atoms. The standard InChI is InChI=1S/C19H28N2O/c1-15(18(22)21-11-4-2-3-5-12-21)17-8-6-7-16(13-17)14-19(20)9-10-19/h6-8,13,15H,2-5,9-12,14,20H2,1H3. The summed E-state index contributed by atoms with van der Waals surface area (Å²) in [6.45, 7) is 3.89. The maximum atomic E-state index is 12.8. The lowest BCUT2D eigenvalue weighted by Crippen LogP contribution is -2.35. The molecule has 3 rings (SSSR count). The van der Waals surface area contributed by atoms with Crippen LogP contribution in [0.3, 0.4) is 0 Å². The van der Waals surface area contributed by atoms with Crippen LogP contribution in [0.2, 0.25) is 0 Å². The van der Waals surface area contributed by atoms with Crippen molar-refractivity contribution in [2.75, 3.05) is 13.1 Å². The molecule has 1 amide bonds. The van der Waals surface area contributed by atoms with Gasteiger partial charge in [0.15, 0.2) is 0 Å². The topological polar surface area (TPSA) is 46.3 Å². The zero-order valence-electron chi connectivity index (χ0n) is 13.7. The minimum Gasteiger partial charge on any atom is -0.342 e. The molecule has 1 saturated heterocycles. The third-order valence-corrected chi connectivity index (χ3v) is 5.19. The van der Waals surface area contributed by atoms with E-state index >= 15 is 0 Å². The Balaban J connectivity index is 1.69. The summed E-state index contributed by atoms with van der Waals surface area (Å²) in [5.74, 6) is 0.235. The molecule has 1 atom stereocenters. The number of likely N-dealkylation sites (tertiary alicyclic amines) is 1. The van der Waals surface area contributed by atoms with Crippen LogP contribution in [-0.4, -0.2) is 29.4 Å². The molecule has 1 aliphatic carbocycles. The first kappa shape index (κ1) is 15.5. The zero-order chi connectivity index (χ0) is 15.6. The normalized spacial score (nSPS) is 22.0. The molecule has 0 radical (unpaired) electrons. The zero-order valence-corrected chi connectivity index (χ0v) is 13.7. The first-order valence-corrected chi connectivity index (χ1v) is 8.74. The smallest absolute Gasteiger partial charge is 0.229 e. The van der Waals surface area contributed by atoms with E-state index in [0.717, 1.165) is 50.8 Å². The van der Waals surface area contributed by atoms with Gasteiger partial charge in [0.25, 0.3) is 0 Å². The Morgan fingerprint density at radius 2 is 1.91 bits per heavy atom. The molecular weight excluding hydrogens is 272 g/mol. The number of hydrogen-bond acceptors (Lipinski definition) is 2. The number of nitrogens with zero attached hydrogens (tertiary/aromatic N) is 1. The highest BCUT2D eigenvalue weighted by Gasteiger charge is 2.38. The van der Waals surface area contributed by atoms with Gasteiger partial charge in [-0.2, -0.15) is 0 Å². The Morgan fingerprint density at radius 1 is 1.23 bits per heavy atom. The van der Waals surface area contributed by atoms with Gasteiger partial charge in [-0.1, -0.05) is 37.1 Å². The average molecular weight is 300 g/mol. The molecule has 3 heteroatoms. The lowest BCUT2D eigenvalue weighted by atomic mass is 9.95. The van der Waals surface area contributed by atoms with Crippen LogP contribution in [0.5, 0.6) is 0 Å². The molecular formula is C19H28N2O. The average Bonchev–Trinajstić information content (AvgIpc) is 3.29. The summed E-state index contributed by atoms with van der Waals surface area (Å²) in [5.41, 5.74) is 8.65.